The summed E-state index contributed by atoms with van der Waals surface area (Å²) >= 11 is 9.36. The van der Waals surface area contributed by atoms with Gasteiger partial charge < -0.3 is 5.73 Å². The minimum absolute atomic E-state index is 0.135. The van der Waals surface area contributed by atoms with Gasteiger partial charge in [-0.25, -0.2) is 4.98 Å². The van der Waals surface area contributed by atoms with Crippen LogP contribution < -0.4 is 5.73 Å². The van der Waals surface area contributed by atoms with Crippen molar-refractivity contribution in [3.63, 3.8) is 0 Å². The maximum absolute atomic E-state index is 5.97. The van der Waals surface area contributed by atoms with Gasteiger partial charge in [-0.05, 0) is 35.0 Å². The molecule has 0 radical (unpaired) electrons. The van der Waals surface area contributed by atoms with E-state index < -0.39 is 0 Å². The molecule has 2 aromatic rings. The normalized spacial score (nSPS) is 13.4. The van der Waals surface area contributed by atoms with Crippen molar-refractivity contribution in [3.8, 4) is 0 Å². The fourth-order valence-corrected chi connectivity index (χ4v) is 1.94. The van der Waals surface area contributed by atoms with E-state index in [2.05, 4.69) is 20.9 Å². The lowest BCUT2D eigenvalue weighted by Crippen LogP contribution is -2.09. The van der Waals surface area contributed by atoms with Crippen molar-refractivity contribution in [2.24, 2.45) is 5.73 Å². The molecule has 2 N–H and O–H groups in total. The van der Waals surface area contributed by atoms with E-state index in [0.717, 1.165) is 15.8 Å². The molecule has 0 aliphatic heterocycles. The van der Waals surface area contributed by atoms with Gasteiger partial charge in [-0.1, -0.05) is 11.6 Å². The SMILES string of the molecule is CC(N)c1nc(Cl)c2ccc(Br)cn12. The Morgan fingerprint density at radius 3 is 2.93 bits per heavy atom. The average Bonchev–Trinajstić information content (AvgIpc) is 2.43. The van der Waals surface area contributed by atoms with Gasteiger partial charge in [0.2, 0.25) is 0 Å². The topological polar surface area (TPSA) is 43.3 Å². The Balaban J connectivity index is 2.79. The first kappa shape index (κ1) is 9.96. The average molecular weight is 275 g/mol. The Bertz CT molecular complexity index is 478. The number of hydrogen-bond donors (Lipinski definition) is 1. The van der Waals surface area contributed by atoms with Crippen LogP contribution in [0.1, 0.15) is 18.8 Å². The molecule has 0 aromatic carbocycles. The Morgan fingerprint density at radius 1 is 1.57 bits per heavy atom. The van der Waals surface area contributed by atoms with E-state index in [4.69, 9.17) is 17.3 Å². The molecule has 5 heteroatoms. The summed E-state index contributed by atoms with van der Waals surface area (Å²) in [5.74, 6) is 0.770. The van der Waals surface area contributed by atoms with Crippen molar-refractivity contribution in [1.82, 2.24) is 9.38 Å². The smallest absolute Gasteiger partial charge is 0.155 e. The number of rotatable bonds is 1. The van der Waals surface area contributed by atoms with Gasteiger partial charge in [0.05, 0.1) is 11.6 Å². The minimum atomic E-state index is -0.135. The zero-order chi connectivity index (χ0) is 10.3. The molecule has 1 atom stereocenters. The van der Waals surface area contributed by atoms with Crippen molar-refractivity contribution in [2.75, 3.05) is 0 Å². The van der Waals surface area contributed by atoms with Crippen molar-refractivity contribution >= 4 is 33.0 Å². The standard InChI is InChI=1S/C9H9BrClN3/c1-5(12)9-13-8(11)7-3-2-6(10)4-14(7)9/h2-5H,12H2,1H3. The summed E-state index contributed by atoms with van der Waals surface area (Å²) < 4.78 is 2.87. The third-order valence-electron chi connectivity index (χ3n) is 1.99. The molecular formula is C9H9BrClN3. The number of halogens is 2. The zero-order valence-corrected chi connectivity index (χ0v) is 9.88. The van der Waals surface area contributed by atoms with Gasteiger partial charge in [0.25, 0.3) is 0 Å². The number of nitrogens with two attached hydrogens (primary N) is 1. The number of pyridine rings is 1. The van der Waals surface area contributed by atoms with Crippen LogP contribution in [-0.4, -0.2) is 9.38 Å². The summed E-state index contributed by atoms with van der Waals surface area (Å²) in [6, 6.07) is 3.70. The molecule has 0 aliphatic rings. The van der Waals surface area contributed by atoms with Crippen LogP contribution in [0.15, 0.2) is 22.8 Å². The molecule has 0 saturated heterocycles. The van der Waals surface area contributed by atoms with E-state index in [9.17, 15) is 0 Å². The predicted molar refractivity (Wildman–Crippen MR) is 60.5 cm³/mol. The summed E-state index contributed by atoms with van der Waals surface area (Å²) in [7, 11) is 0. The van der Waals surface area contributed by atoms with Crippen LogP contribution >= 0.6 is 27.5 Å². The molecule has 2 rings (SSSR count). The fraction of sp³-hybridized carbons (Fsp3) is 0.222. The van der Waals surface area contributed by atoms with Crippen LogP contribution in [0.5, 0.6) is 0 Å². The van der Waals surface area contributed by atoms with Crippen LogP contribution in [0, 0.1) is 0 Å². The third kappa shape index (κ3) is 1.54. The van der Waals surface area contributed by atoms with Crippen LogP contribution in [0.3, 0.4) is 0 Å². The van der Waals surface area contributed by atoms with Crippen molar-refractivity contribution in [3.05, 3.63) is 33.8 Å². The van der Waals surface area contributed by atoms with Crippen LogP contribution in [-0.2, 0) is 0 Å². The predicted octanol–water partition coefficient (Wildman–Crippen LogP) is 2.77. The van der Waals surface area contributed by atoms with Crippen molar-refractivity contribution < 1.29 is 0 Å². The first-order chi connectivity index (χ1) is 6.59. The highest BCUT2D eigenvalue weighted by molar-refractivity contribution is 9.10. The van der Waals surface area contributed by atoms with Gasteiger partial charge in [0.15, 0.2) is 5.15 Å². The lowest BCUT2D eigenvalue weighted by molar-refractivity contribution is 0.735. The second-order valence-corrected chi connectivity index (χ2v) is 4.43. The molecule has 74 valence electrons. The number of fused-ring (bicyclic) bond motifs is 1. The summed E-state index contributed by atoms with van der Waals surface area (Å²) in [6.45, 7) is 1.88. The first-order valence-corrected chi connectivity index (χ1v) is 5.35. The number of imidazole rings is 1. The van der Waals surface area contributed by atoms with Gasteiger partial charge in [-0.2, -0.15) is 0 Å². The van der Waals surface area contributed by atoms with Crippen LogP contribution in [0.2, 0.25) is 5.15 Å². The van der Waals surface area contributed by atoms with Gasteiger partial charge in [-0.3, -0.25) is 4.40 Å². The number of aromatic nitrogens is 2. The lowest BCUT2D eigenvalue weighted by Gasteiger charge is -2.03. The maximum Gasteiger partial charge on any atom is 0.155 e. The summed E-state index contributed by atoms with van der Waals surface area (Å²) in [6.07, 6.45) is 1.91. The molecule has 2 heterocycles. The fourth-order valence-electron chi connectivity index (χ4n) is 1.37. The molecule has 0 aliphatic carbocycles. The van der Waals surface area contributed by atoms with Crippen LogP contribution in [0.25, 0.3) is 5.52 Å². The molecule has 0 bridgehead atoms. The maximum atomic E-state index is 5.97. The highest BCUT2D eigenvalue weighted by Gasteiger charge is 2.12. The Labute approximate surface area is 95.0 Å². The van der Waals surface area contributed by atoms with E-state index in [1.165, 1.54) is 0 Å². The minimum Gasteiger partial charge on any atom is -0.322 e. The first-order valence-electron chi connectivity index (χ1n) is 4.18. The Morgan fingerprint density at radius 2 is 2.29 bits per heavy atom. The molecule has 0 fully saturated rings. The zero-order valence-electron chi connectivity index (χ0n) is 7.54. The Hall–Kier alpha value is -0.580. The highest BCUT2D eigenvalue weighted by atomic mass is 79.9. The molecule has 3 nitrogen and oxygen atoms in total. The van der Waals surface area contributed by atoms with Gasteiger partial charge in [0, 0.05) is 10.7 Å². The van der Waals surface area contributed by atoms with Gasteiger partial charge in [-0.15, -0.1) is 0 Å². The molecule has 0 spiro atoms. The quantitative estimate of drug-likeness (QED) is 0.869. The van der Waals surface area contributed by atoms with E-state index >= 15 is 0 Å². The Kier molecular flexibility index (Phi) is 2.51. The molecule has 14 heavy (non-hydrogen) atoms. The molecule has 0 amide bonds. The van der Waals surface area contributed by atoms with Crippen molar-refractivity contribution in [2.45, 2.75) is 13.0 Å². The molecule has 1 unspecified atom stereocenters. The van der Waals surface area contributed by atoms with Gasteiger partial charge >= 0.3 is 0 Å². The lowest BCUT2D eigenvalue weighted by atomic mass is 10.3. The molecule has 2 aromatic heterocycles. The monoisotopic (exact) mass is 273 g/mol. The number of hydrogen-bond acceptors (Lipinski definition) is 2. The molecule has 0 saturated carbocycles. The van der Waals surface area contributed by atoms with E-state index in [1.807, 2.05) is 29.7 Å². The molecular weight excluding hydrogens is 265 g/mol. The summed E-state index contributed by atoms with van der Waals surface area (Å²) in [4.78, 5) is 4.21. The van der Waals surface area contributed by atoms with E-state index in [0.29, 0.717) is 5.15 Å². The third-order valence-corrected chi connectivity index (χ3v) is 2.74. The number of nitrogens with zero attached hydrogens (tertiary/aromatic N) is 2. The van der Waals surface area contributed by atoms with E-state index in [-0.39, 0.29) is 6.04 Å². The van der Waals surface area contributed by atoms with Crippen LogP contribution in [0.4, 0.5) is 0 Å². The second-order valence-electron chi connectivity index (χ2n) is 3.15. The summed E-state index contributed by atoms with van der Waals surface area (Å²) in [5, 5.41) is 0.491. The largest absolute Gasteiger partial charge is 0.322 e. The van der Waals surface area contributed by atoms with E-state index in [1.54, 1.807) is 0 Å². The summed E-state index contributed by atoms with van der Waals surface area (Å²) in [5.41, 5.74) is 6.66. The van der Waals surface area contributed by atoms with Crippen molar-refractivity contribution in [1.29, 1.82) is 0 Å². The highest BCUT2D eigenvalue weighted by Crippen LogP contribution is 2.23. The van der Waals surface area contributed by atoms with Gasteiger partial charge in [0.1, 0.15) is 5.82 Å². The second kappa shape index (κ2) is 3.53.